The maximum absolute atomic E-state index is 5.68. The molecule has 0 bridgehead atoms. The van der Waals surface area contributed by atoms with E-state index in [0.29, 0.717) is 18.0 Å². The Balaban J connectivity index is 1.57. The van der Waals surface area contributed by atoms with Crippen LogP contribution in [0.2, 0.25) is 0 Å². The molecule has 1 aliphatic rings. The van der Waals surface area contributed by atoms with Crippen molar-refractivity contribution in [3.63, 3.8) is 0 Å². The van der Waals surface area contributed by atoms with Crippen LogP contribution in [0.5, 0.6) is 5.88 Å². The second-order valence-electron chi connectivity index (χ2n) is 5.26. The predicted molar refractivity (Wildman–Crippen MR) is 81.1 cm³/mol. The lowest BCUT2D eigenvalue weighted by atomic mass is 10.2. The molecule has 112 valence electrons. The zero-order valence-corrected chi connectivity index (χ0v) is 12.1. The molecule has 1 atom stereocenters. The van der Waals surface area contributed by atoms with Gasteiger partial charge < -0.3 is 9.47 Å². The molecule has 0 saturated carbocycles. The van der Waals surface area contributed by atoms with Crippen molar-refractivity contribution >= 4 is 11.2 Å². The van der Waals surface area contributed by atoms with Gasteiger partial charge in [-0.25, -0.2) is 14.6 Å². The lowest BCUT2D eigenvalue weighted by molar-refractivity contribution is 0.0663. The molecular weight excluding hydrogens is 280 g/mol. The van der Waals surface area contributed by atoms with Crippen LogP contribution in [-0.2, 0) is 4.74 Å². The van der Waals surface area contributed by atoms with E-state index in [1.165, 1.54) is 0 Å². The molecule has 1 aromatic carbocycles. The van der Waals surface area contributed by atoms with Crippen LogP contribution in [0.1, 0.15) is 12.8 Å². The Morgan fingerprint density at radius 1 is 1.23 bits per heavy atom. The fourth-order valence-corrected chi connectivity index (χ4v) is 2.58. The van der Waals surface area contributed by atoms with E-state index in [4.69, 9.17) is 9.47 Å². The highest BCUT2D eigenvalue weighted by molar-refractivity contribution is 5.71. The Morgan fingerprint density at radius 3 is 2.95 bits per heavy atom. The highest BCUT2D eigenvalue weighted by atomic mass is 16.5. The number of rotatable bonds is 4. The molecule has 0 aliphatic carbocycles. The highest BCUT2D eigenvalue weighted by Crippen LogP contribution is 2.18. The molecule has 6 heteroatoms. The molecule has 0 spiro atoms. The van der Waals surface area contributed by atoms with Gasteiger partial charge in [0.25, 0.3) is 0 Å². The summed E-state index contributed by atoms with van der Waals surface area (Å²) in [5, 5.41) is 4.36. The molecule has 1 unspecified atom stereocenters. The van der Waals surface area contributed by atoms with Crippen LogP contribution in [0.25, 0.3) is 16.9 Å². The molecule has 0 radical (unpaired) electrons. The first-order valence-corrected chi connectivity index (χ1v) is 7.41. The third-order valence-electron chi connectivity index (χ3n) is 3.69. The van der Waals surface area contributed by atoms with Gasteiger partial charge in [0.1, 0.15) is 12.1 Å². The molecule has 0 amide bonds. The number of aromatic nitrogens is 4. The number of para-hydroxylation sites is 1. The lowest BCUT2D eigenvalue weighted by Crippen LogP contribution is -2.16. The Labute approximate surface area is 127 Å². The number of ether oxygens (including phenoxy) is 2. The van der Waals surface area contributed by atoms with Crippen LogP contribution < -0.4 is 4.74 Å². The van der Waals surface area contributed by atoms with Gasteiger partial charge in [0.15, 0.2) is 5.65 Å². The number of hydrogen-bond donors (Lipinski definition) is 0. The van der Waals surface area contributed by atoms with E-state index in [9.17, 15) is 0 Å². The topological polar surface area (TPSA) is 62.1 Å². The summed E-state index contributed by atoms with van der Waals surface area (Å²) < 4.78 is 13.0. The summed E-state index contributed by atoms with van der Waals surface area (Å²) in [6, 6.07) is 9.87. The van der Waals surface area contributed by atoms with Crippen LogP contribution in [0.3, 0.4) is 0 Å². The zero-order valence-electron chi connectivity index (χ0n) is 12.1. The second kappa shape index (κ2) is 5.73. The third kappa shape index (κ3) is 2.53. The van der Waals surface area contributed by atoms with E-state index in [-0.39, 0.29) is 6.10 Å². The maximum Gasteiger partial charge on any atom is 0.233 e. The van der Waals surface area contributed by atoms with Crippen molar-refractivity contribution in [3.05, 3.63) is 42.7 Å². The minimum atomic E-state index is 0.171. The fraction of sp³-hybridized carbons (Fsp3) is 0.312. The van der Waals surface area contributed by atoms with Gasteiger partial charge in [0.2, 0.25) is 5.88 Å². The van der Waals surface area contributed by atoms with Crippen molar-refractivity contribution in [2.45, 2.75) is 18.9 Å². The molecule has 1 saturated heterocycles. The summed E-state index contributed by atoms with van der Waals surface area (Å²) in [6.45, 7) is 1.34. The lowest BCUT2D eigenvalue weighted by Gasteiger charge is -2.10. The monoisotopic (exact) mass is 296 g/mol. The highest BCUT2D eigenvalue weighted by Gasteiger charge is 2.17. The van der Waals surface area contributed by atoms with Gasteiger partial charge in [0.05, 0.1) is 24.2 Å². The van der Waals surface area contributed by atoms with E-state index in [0.717, 1.165) is 30.8 Å². The van der Waals surface area contributed by atoms with Crippen LogP contribution in [0.4, 0.5) is 0 Å². The minimum absolute atomic E-state index is 0.171. The summed E-state index contributed by atoms with van der Waals surface area (Å²) in [6.07, 6.45) is 5.65. The van der Waals surface area contributed by atoms with E-state index in [2.05, 4.69) is 15.1 Å². The first-order valence-electron chi connectivity index (χ1n) is 7.41. The average Bonchev–Trinajstić information content (AvgIpc) is 3.23. The fourth-order valence-electron chi connectivity index (χ4n) is 2.58. The Hall–Kier alpha value is -2.47. The van der Waals surface area contributed by atoms with Gasteiger partial charge in [0, 0.05) is 6.61 Å². The van der Waals surface area contributed by atoms with Crippen molar-refractivity contribution in [3.8, 4) is 11.6 Å². The van der Waals surface area contributed by atoms with Crippen molar-refractivity contribution < 1.29 is 9.47 Å². The number of hydrogen-bond acceptors (Lipinski definition) is 5. The Bertz CT molecular complexity index is 766. The van der Waals surface area contributed by atoms with Gasteiger partial charge >= 0.3 is 0 Å². The predicted octanol–water partition coefficient (Wildman–Crippen LogP) is 2.37. The van der Waals surface area contributed by atoms with Crippen LogP contribution in [-0.4, -0.2) is 39.1 Å². The molecule has 22 heavy (non-hydrogen) atoms. The van der Waals surface area contributed by atoms with E-state index in [1.54, 1.807) is 17.1 Å². The Morgan fingerprint density at radius 2 is 2.14 bits per heavy atom. The third-order valence-corrected chi connectivity index (χ3v) is 3.69. The number of fused-ring (bicyclic) bond motifs is 1. The van der Waals surface area contributed by atoms with Crippen LogP contribution in [0.15, 0.2) is 42.7 Å². The average molecular weight is 296 g/mol. The standard InChI is InChI=1S/C16H16N4O2/c1-2-5-12(6-3-1)20-16-14(9-18-20)19-15(10-17-16)22-11-13-7-4-8-21-13/h1-3,5-6,9-10,13H,4,7-8,11H2. The van der Waals surface area contributed by atoms with Gasteiger partial charge in [-0.15, -0.1) is 0 Å². The number of nitrogens with zero attached hydrogens (tertiary/aromatic N) is 4. The maximum atomic E-state index is 5.68. The van der Waals surface area contributed by atoms with Crippen molar-refractivity contribution in [2.75, 3.05) is 13.2 Å². The molecule has 6 nitrogen and oxygen atoms in total. The molecular formula is C16H16N4O2. The van der Waals surface area contributed by atoms with E-state index < -0.39 is 0 Å². The minimum Gasteiger partial charge on any atom is -0.474 e. The molecule has 1 fully saturated rings. The second-order valence-corrected chi connectivity index (χ2v) is 5.26. The quantitative estimate of drug-likeness (QED) is 0.739. The smallest absolute Gasteiger partial charge is 0.233 e. The SMILES string of the molecule is c1ccc(-n2ncc3nc(OCC4CCCO4)cnc32)cc1. The van der Waals surface area contributed by atoms with Crippen LogP contribution in [0, 0.1) is 0 Å². The summed E-state index contributed by atoms with van der Waals surface area (Å²) in [4.78, 5) is 8.89. The number of benzene rings is 1. The molecule has 4 rings (SSSR count). The summed E-state index contributed by atoms with van der Waals surface area (Å²) >= 11 is 0. The first kappa shape index (κ1) is 13.2. The Kier molecular flexibility index (Phi) is 3.44. The van der Waals surface area contributed by atoms with Crippen molar-refractivity contribution in [2.24, 2.45) is 0 Å². The van der Waals surface area contributed by atoms with Gasteiger partial charge in [-0.05, 0) is 25.0 Å². The summed E-state index contributed by atoms with van der Waals surface area (Å²) in [5.74, 6) is 0.510. The molecule has 2 aromatic heterocycles. The van der Waals surface area contributed by atoms with Gasteiger partial charge in [-0.3, -0.25) is 0 Å². The van der Waals surface area contributed by atoms with Gasteiger partial charge in [-0.1, -0.05) is 18.2 Å². The van der Waals surface area contributed by atoms with E-state index in [1.807, 2.05) is 30.3 Å². The first-order chi connectivity index (χ1) is 10.9. The normalized spacial score (nSPS) is 17.9. The zero-order chi connectivity index (χ0) is 14.8. The van der Waals surface area contributed by atoms with E-state index >= 15 is 0 Å². The molecule has 0 N–H and O–H groups in total. The molecule has 3 aromatic rings. The van der Waals surface area contributed by atoms with Gasteiger partial charge in [-0.2, -0.15) is 5.10 Å². The van der Waals surface area contributed by atoms with Crippen LogP contribution >= 0.6 is 0 Å². The molecule has 1 aliphatic heterocycles. The largest absolute Gasteiger partial charge is 0.474 e. The summed E-state index contributed by atoms with van der Waals surface area (Å²) in [5.41, 5.74) is 2.39. The summed E-state index contributed by atoms with van der Waals surface area (Å²) in [7, 11) is 0. The van der Waals surface area contributed by atoms with Crippen molar-refractivity contribution in [1.29, 1.82) is 0 Å². The van der Waals surface area contributed by atoms with Crippen molar-refractivity contribution in [1.82, 2.24) is 19.7 Å². The molecule has 3 heterocycles.